The number of hydrogen-bond donors (Lipinski definition) is 1. The Hall–Kier alpha value is -1.31. The van der Waals surface area contributed by atoms with E-state index in [1.165, 1.54) is 0 Å². The molecule has 0 fully saturated rings. The second-order valence-electron chi connectivity index (χ2n) is 3.20. The summed E-state index contributed by atoms with van der Waals surface area (Å²) >= 11 is 9.30. The van der Waals surface area contributed by atoms with Crippen LogP contribution >= 0.6 is 27.5 Å². The SMILES string of the molecule is N#CCc1[nH]c(-c2cccc(Br)c2)nc1Cl. The maximum absolute atomic E-state index is 8.60. The minimum absolute atomic E-state index is 0.236. The van der Waals surface area contributed by atoms with Gasteiger partial charge in [0.1, 0.15) is 5.82 Å². The maximum atomic E-state index is 8.60. The molecule has 5 heteroatoms. The van der Waals surface area contributed by atoms with Gasteiger partial charge in [-0.2, -0.15) is 5.26 Å². The molecular weight excluding hydrogens is 289 g/mol. The van der Waals surface area contributed by atoms with Crippen molar-refractivity contribution < 1.29 is 0 Å². The molecule has 0 radical (unpaired) electrons. The van der Waals surface area contributed by atoms with Crippen molar-refractivity contribution in [1.82, 2.24) is 9.97 Å². The standard InChI is InChI=1S/C11H7BrClN3/c12-8-3-1-2-7(6-8)11-15-9(4-5-14)10(13)16-11/h1-3,6H,4H2,(H,15,16). The van der Waals surface area contributed by atoms with Gasteiger partial charge in [0, 0.05) is 10.0 Å². The van der Waals surface area contributed by atoms with Crippen molar-refractivity contribution in [2.75, 3.05) is 0 Å². The van der Waals surface area contributed by atoms with Crippen molar-refractivity contribution in [2.45, 2.75) is 6.42 Å². The summed E-state index contributed by atoms with van der Waals surface area (Å²) in [5, 5.41) is 8.96. The van der Waals surface area contributed by atoms with Crippen molar-refractivity contribution >= 4 is 27.5 Å². The largest absolute Gasteiger partial charge is 0.340 e. The first-order valence-electron chi connectivity index (χ1n) is 4.58. The third-order valence-corrected chi connectivity index (χ3v) is 2.89. The Morgan fingerprint density at radius 3 is 3.00 bits per heavy atom. The summed E-state index contributed by atoms with van der Waals surface area (Å²) in [6, 6.07) is 9.75. The summed E-state index contributed by atoms with van der Waals surface area (Å²) in [7, 11) is 0. The molecule has 80 valence electrons. The Morgan fingerprint density at radius 1 is 1.50 bits per heavy atom. The highest BCUT2D eigenvalue weighted by Gasteiger charge is 2.09. The number of nitrogens with zero attached hydrogens (tertiary/aromatic N) is 2. The molecule has 0 spiro atoms. The zero-order valence-corrected chi connectivity index (χ0v) is 10.5. The maximum Gasteiger partial charge on any atom is 0.151 e. The van der Waals surface area contributed by atoms with Crippen LogP contribution in [0.4, 0.5) is 0 Å². The van der Waals surface area contributed by atoms with Gasteiger partial charge in [-0.3, -0.25) is 0 Å². The molecule has 0 aliphatic rings. The summed E-state index contributed by atoms with van der Waals surface area (Å²) in [4.78, 5) is 7.22. The van der Waals surface area contributed by atoms with Crippen LogP contribution in [-0.4, -0.2) is 9.97 Å². The Morgan fingerprint density at radius 2 is 2.31 bits per heavy atom. The molecule has 0 bridgehead atoms. The lowest BCUT2D eigenvalue weighted by atomic mass is 10.2. The zero-order chi connectivity index (χ0) is 11.5. The molecule has 0 aliphatic carbocycles. The number of halogens is 2. The summed E-state index contributed by atoms with van der Waals surface area (Å²) in [5.74, 6) is 0.677. The number of aromatic amines is 1. The number of H-pyrrole nitrogens is 1. The third-order valence-electron chi connectivity index (χ3n) is 2.08. The van der Waals surface area contributed by atoms with E-state index in [0.717, 1.165) is 10.0 Å². The molecule has 3 nitrogen and oxygen atoms in total. The Balaban J connectivity index is 2.42. The van der Waals surface area contributed by atoms with Crippen LogP contribution in [0.5, 0.6) is 0 Å². The highest BCUT2D eigenvalue weighted by molar-refractivity contribution is 9.10. The molecule has 1 N–H and O–H groups in total. The van der Waals surface area contributed by atoms with Crippen LogP contribution in [0.3, 0.4) is 0 Å². The van der Waals surface area contributed by atoms with Gasteiger partial charge in [-0.05, 0) is 12.1 Å². The Labute approximate surface area is 106 Å². The van der Waals surface area contributed by atoms with Crippen LogP contribution in [-0.2, 0) is 6.42 Å². The fraction of sp³-hybridized carbons (Fsp3) is 0.0909. The minimum atomic E-state index is 0.236. The topological polar surface area (TPSA) is 52.5 Å². The van der Waals surface area contributed by atoms with Crippen LogP contribution < -0.4 is 0 Å². The fourth-order valence-electron chi connectivity index (χ4n) is 1.36. The van der Waals surface area contributed by atoms with E-state index in [1.807, 2.05) is 30.3 Å². The molecule has 0 saturated carbocycles. The summed E-state index contributed by atoms with van der Waals surface area (Å²) < 4.78 is 0.972. The van der Waals surface area contributed by atoms with Gasteiger partial charge >= 0.3 is 0 Å². The lowest BCUT2D eigenvalue weighted by Crippen LogP contribution is -1.83. The predicted octanol–water partition coefficient (Wildman–Crippen LogP) is 3.56. The molecule has 0 saturated heterocycles. The molecule has 16 heavy (non-hydrogen) atoms. The van der Waals surface area contributed by atoms with E-state index in [2.05, 4.69) is 25.9 Å². The highest BCUT2D eigenvalue weighted by atomic mass is 79.9. The first-order valence-corrected chi connectivity index (χ1v) is 5.75. The number of imidazole rings is 1. The van der Waals surface area contributed by atoms with E-state index < -0.39 is 0 Å². The molecule has 2 aromatic rings. The average molecular weight is 297 g/mol. The van der Waals surface area contributed by atoms with Crippen LogP contribution in [0, 0.1) is 11.3 Å². The van der Waals surface area contributed by atoms with Gasteiger partial charge in [-0.15, -0.1) is 0 Å². The summed E-state index contributed by atoms with van der Waals surface area (Å²) in [5.41, 5.74) is 1.58. The monoisotopic (exact) mass is 295 g/mol. The van der Waals surface area contributed by atoms with Gasteiger partial charge in [0.05, 0.1) is 18.2 Å². The second kappa shape index (κ2) is 4.69. The van der Waals surface area contributed by atoms with Crippen LogP contribution in [0.25, 0.3) is 11.4 Å². The summed E-state index contributed by atoms with van der Waals surface area (Å²) in [6.07, 6.45) is 0.236. The van der Waals surface area contributed by atoms with Crippen molar-refractivity contribution in [3.8, 4) is 17.5 Å². The van der Waals surface area contributed by atoms with E-state index in [1.54, 1.807) is 0 Å². The lowest BCUT2D eigenvalue weighted by molar-refractivity contribution is 1.16. The van der Waals surface area contributed by atoms with Gasteiger partial charge in [0.15, 0.2) is 5.15 Å². The van der Waals surface area contributed by atoms with Gasteiger partial charge in [-0.1, -0.05) is 39.7 Å². The third kappa shape index (κ3) is 2.26. The quantitative estimate of drug-likeness (QED) is 0.921. The van der Waals surface area contributed by atoms with Crippen molar-refractivity contribution in [2.24, 2.45) is 0 Å². The van der Waals surface area contributed by atoms with Gasteiger partial charge in [-0.25, -0.2) is 4.98 Å². The van der Waals surface area contributed by atoms with E-state index in [0.29, 0.717) is 16.7 Å². The number of nitrogens with one attached hydrogen (secondary N) is 1. The van der Waals surface area contributed by atoms with Crippen LogP contribution in [0.2, 0.25) is 5.15 Å². The lowest BCUT2D eigenvalue weighted by Gasteiger charge is -1.96. The van der Waals surface area contributed by atoms with E-state index in [4.69, 9.17) is 16.9 Å². The number of nitriles is 1. The van der Waals surface area contributed by atoms with Crippen molar-refractivity contribution in [3.05, 3.63) is 39.6 Å². The molecule has 1 aromatic heterocycles. The first kappa shape index (κ1) is 11.2. The Bertz CT molecular complexity index is 557. The molecular formula is C11H7BrClN3. The number of hydrogen-bond acceptors (Lipinski definition) is 2. The van der Waals surface area contributed by atoms with E-state index >= 15 is 0 Å². The molecule has 1 heterocycles. The van der Waals surface area contributed by atoms with E-state index in [9.17, 15) is 0 Å². The van der Waals surface area contributed by atoms with Gasteiger partial charge in [0.25, 0.3) is 0 Å². The molecule has 0 aliphatic heterocycles. The number of benzene rings is 1. The summed E-state index contributed by atoms with van der Waals surface area (Å²) in [6.45, 7) is 0. The number of rotatable bonds is 2. The van der Waals surface area contributed by atoms with Gasteiger partial charge < -0.3 is 4.98 Å². The minimum Gasteiger partial charge on any atom is -0.340 e. The molecule has 2 rings (SSSR count). The molecule has 1 aromatic carbocycles. The molecule has 0 unspecified atom stereocenters. The first-order chi connectivity index (χ1) is 7.70. The van der Waals surface area contributed by atoms with Crippen LogP contribution in [0.15, 0.2) is 28.7 Å². The highest BCUT2D eigenvalue weighted by Crippen LogP contribution is 2.23. The fourth-order valence-corrected chi connectivity index (χ4v) is 1.95. The predicted molar refractivity (Wildman–Crippen MR) is 66.1 cm³/mol. The Kier molecular flexibility index (Phi) is 3.28. The van der Waals surface area contributed by atoms with Gasteiger partial charge in [0.2, 0.25) is 0 Å². The molecule has 0 amide bonds. The van der Waals surface area contributed by atoms with Crippen molar-refractivity contribution in [1.29, 1.82) is 5.26 Å². The number of aromatic nitrogens is 2. The average Bonchev–Trinajstić information content (AvgIpc) is 2.61. The molecule has 0 atom stereocenters. The van der Waals surface area contributed by atoms with Crippen LogP contribution in [0.1, 0.15) is 5.69 Å². The zero-order valence-electron chi connectivity index (χ0n) is 8.17. The second-order valence-corrected chi connectivity index (χ2v) is 4.47. The van der Waals surface area contributed by atoms with E-state index in [-0.39, 0.29) is 6.42 Å². The van der Waals surface area contributed by atoms with Crippen molar-refractivity contribution in [3.63, 3.8) is 0 Å². The smallest absolute Gasteiger partial charge is 0.151 e. The normalized spacial score (nSPS) is 10.1.